The van der Waals surface area contributed by atoms with Crippen LogP contribution in [0.5, 0.6) is 0 Å². The molecule has 0 atom stereocenters. The van der Waals surface area contributed by atoms with Crippen LogP contribution in [0.1, 0.15) is 18.4 Å². The topological polar surface area (TPSA) is 24.1 Å². The maximum absolute atomic E-state index is 3.80. The average Bonchev–Trinajstić information content (AvgIpc) is 3.20. The number of benzene rings is 3. The second kappa shape index (κ2) is 7.43. The zero-order valence-electron chi connectivity index (χ0n) is 15.4. The molecule has 1 aliphatic heterocycles. The summed E-state index contributed by atoms with van der Waals surface area (Å²) in [6, 6.07) is 23.1. The summed E-state index contributed by atoms with van der Waals surface area (Å²) in [4.78, 5) is 0. The molecule has 0 radical (unpaired) electrons. The van der Waals surface area contributed by atoms with E-state index in [2.05, 4.69) is 76.7 Å². The van der Waals surface area contributed by atoms with Crippen LogP contribution in [0.4, 0.5) is 0 Å². The number of hydrogen-bond acceptors (Lipinski definition) is 3. The minimum Gasteiger partial charge on any atom is -0.317 e. The summed E-state index contributed by atoms with van der Waals surface area (Å²) in [5.74, 6) is 0. The van der Waals surface area contributed by atoms with Crippen molar-refractivity contribution in [2.45, 2.75) is 25.4 Å². The van der Waals surface area contributed by atoms with E-state index >= 15 is 0 Å². The van der Waals surface area contributed by atoms with Gasteiger partial charge in [-0.05, 0) is 82.4 Å². The standard InChI is InChI=1S/C24H24N2S/c1-3-17-4-2-6-22(18-7-8-23-19(15-18)11-14-27-23)24(17)20(5-1)16-26-21-9-12-25-13-10-21/h1-8,11,14-15,21,25-26H,9-10,12-13,16H2. The van der Waals surface area contributed by atoms with Gasteiger partial charge in [0.1, 0.15) is 0 Å². The fourth-order valence-corrected chi connectivity index (χ4v) is 4.99. The highest BCUT2D eigenvalue weighted by molar-refractivity contribution is 7.17. The zero-order valence-corrected chi connectivity index (χ0v) is 16.2. The van der Waals surface area contributed by atoms with Gasteiger partial charge in [0.25, 0.3) is 0 Å². The van der Waals surface area contributed by atoms with Crippen LogP contribution in [-0.2, 0) is 6.54 Å². The molecular weight excluding hydrogens is 348 g/mol. The van der Waals surface area contributed by atoms with E-state index in [-0.39, 0.29) is 0 Å². The van der Waals surface area contributed by atoms with E-state index in [4.69, 9.17) is 0 Å². The van der Waals surface area contributed by atoms with Crippen LogP contribution < -0.4 is 10.6 Å². The van der Waals surface area contributed by atoms with E-state index in [0.29, 0.717) is 6.04 Å². The fraction of sp³-hybridized carbons (Fsp3) is 0.250. The fourth-order valence-electron chi connectivity index (χ4n) is 4.22. The van der Waals surface area contributed by atoms with Gasteiger partial charge >= 0.3 is 0 Å². The van der Waals surface area contributed by atoms with Crippen LogP contribution in [0, 0.1) is 0 Å². The van der Waals surface area contributed by atoms with Crippen molar-refractivity contribution in [1.82, 2.24) is 10.6 Å². The quantitative estimate of drug-likeness (QED) is 0.490. The molecule has 1 aliphatic rings. The first kappa shape index (κ1) is 16.9. The summed E-state index contributed by atoms with van der Waals surface area (Å²) in [6.45, 7) is 3.18. The zero-order chi connectivity index (χ0) is 18.1. The molecule has 3 aromatic carbocycles. The lowest BCUT2D eigenvalue weighted by atomic mass is 9.94. The minimum atomic E-state index is 0.621. The Morgan fingerprint density at radius 3 is 2.67 bits per heavy atom. The Hall–Kier alpha value is -2.20. The molecule has 0 unspecified atom stereocenters. The van der Waals surface area contributed by atoms with Crippen LogP contribution in [0.25, 0.3) is 32.0 Å². The van der Waals surface area contributed by atoms with Gasteiger partial charge in [0.05, 0.1) is 0 Å². The highest BCUT2D eigenvalue weighted by atomic mass is 32.1. The molecule has 1 aromatic heterocycles. The first-order valence-electron chi connectivity index (χ1n) is 9.81. The molecule has 0 spiro atoms. The minimum absolute atomic E-state index is 0.621. The maximum atomic E-state index is 3.80. The predicted octanol–water partition coefficient (Wildman–Crippen LogP) is 5.56. The Balaban J connectivity index is 1.55. The molecule has 4 aromatic rings. The van der Waals surface area contributed by atoms with Crippen LogP contribution in [0.15, 0.2) is 66.0 Å². The molecule has 2 N–H and O–H groups in total. The number of piperidine rings is 1. The van der Waals surface area contributed by atoms with E-state index in [1.54, 1.807) is 11.3 Å². The molecule has 1 fully saturated rings. The lowest BCUT2D eigenvalue weighted by Gasteiger charge is -2.24. The monoisotopic (exact) mass is 372 g/mol. The first-order chi connectivity index (χ1) is 13.4. The predicted molar refractivity (Wildman–Crippen MR) is 117 cm³/mol. The highest BCUT2D eigenvalue weighted by Crippen LogP contribution is 2.34. The molecule has 0 saturated carbocycles. The van der Waals surface area contributed by atoms with Crippen molar-refractivity contribution in [3.8, 4) is 11.1 Å². The normalized spacial score (nSPS) is 15.6. The number of fused-ring (bicyclic) bond motifs is 2. The van der Waals surface area contributed by atoms with Crippen molar-refractivity contribution < 1.29 is 0 Å². The van der Waals surface area contributed by atoms with Gasteiger partial charge in [0.15, 0.2) is 0 Å². The van der Waals surface area contributed by atoms with Crippen molar-refractivity contribution >= 4 is 32.2 Å². The Kier molecular flexibility index (Phi) is 4.66. The average molecular weight is 373 g/mol. The summed E-state index contributed by atoms with van der Waals surface area (Å²) in [7, 11) is 0. The van der Waals surface area contributed by atoms with E-state index in [0.717, 1.165) is 19.6 Å². The van der Waals surface area contributed by atoms with E-state index < -0.39 is 0 Å². The molecule has 0 amide bonds. The lowest BCUT2D eigenvalue weighted by molar-refractivity contribution is 0.387. The third-order valence-electron chi connectivity index (χ3n) is 5.67. The van der Waals surface area contributed by atoms with Gasteiger partial charge in [0, 0.05) is 17.3 Å². The molecule has 3 heteroatoms. The molecule has 0 aliphatic carbocycles. The number of thiophene rings is 1. The van der Waals surface area contributed by atoms with Gasteiger partial charge in [-0.3, -0.25) is 0 Å². The first-order valence-corrected chi connectivity index (χ1v) is 10.7. The maximum Gasteiger partial charge on any atom is 0.0343 e. The smallest absolute Gasteiger partial charge is 0.0343 e. The van der Waals surface area contributed by atoms with Crippen molar-refractivity contribution in [2.24, 2.45) is 0 Å². The van der Waals surface area contributed by atoms with E-state index in [1.165, 1.54) is 50.4 Å². The van der Waals surface area contributed by atoms with E-state index in [9.17, 15) is 0 Å². The second-order valence-corrected chi connectivity index (χ2v) is 8.35. The molecule has 1 saturated heterocycles. The molecule has 5 rings (SSSR count). The van der Waals surface area contributed by atoms with Gasteiger partial charge in [-0.15, -0.1) is 11.3 Å². The van der Waals surface area contributed by atoms with Crippen molar-refractivity contribution in [2.75, 3.05) is 13.1 Å². The van der Waals surface area contributed by atoms with Gasteiger partial charge in [-0.25, -0.2) is 0 Å². The van der Waals surface area contributed by atoms with Crippen LogP contribution in [0.2, 0.25) is 0 Å². The van der Waals surface area contributed by atoms with Gasteiger partial charge in [-0.1, -0.05) is 42.5 Å². The van der Waals surface area contributed by atoms with Crippen LogP contribution in [-0.4, -0.2) is 19.1 Å². The largest absolute Gasteiger partial charge is 0.317 e. The third kappa shape index (κ3) is 3.39. The molecule has 136 valence electrons. The highest BCUT2D eigenvalue weighted by Gasteiger charge is 2.14. The third-order valence-corrected chi connectivity index (χ3v) is 6.57. The molecular formula is C24H24N2S. The molecule has 2 nitrogen and oxygen atoms in total. The summed E-state index contributed by atoms with van der Waals surface area (Å²) < 4.78 is 1.35. The Bertz CT molecular complexity index is 1070. The summed E-state index contributed by atoms with van der Waals surface area (Å²) in [6.07, 6.45) is 2.43. The Morgan fingerprint density at radius 1 is 0.926 bits per heavy atom. The van der Waals surface area contributed by atoms with Crippen molar-refractivity contribution in [3.63, 3.8) is 0 Å². The SMILES string of the molecule is c1cc(CNC2CCNCC2)c2c(-c3ccc4sccc4c3)cccc2c1. The van der Waals surface area contributed by atoms with Gasteiger partial charge in [-0.2, -0.15) is 0 Å². The van der Waals surface area contributed by atoms with Gasteiger partial charge in [0.2, 0.25) is 0 Å². The molecule has 27 heavy (non-hydrogen) atoms. The number of hydrogen-bond donors (Lipinski definition) is 2. The van der Waals surface area contributed by atoms with Crippen LogP contribution >= 0.6 is 11.3 Å². The Labute approximate surface area is 164 Å². The second-order valence-electron chi connectivity index (χ2n) is 7.40. The van der Waals surface area contributed by atoms with Crippen molar-refractivity contribution in [3.05, 3.63) is 71.6 Å². The molecule has 0 bridgehead atoms. The lowest BCUT2D eigenvalue weighted by Crippen LogP contribution is -2.39. The molecule has 2 heterocycles. The van der Waals surface area contributed by atoms with Gasteiger partial charge < -0.3 is 10.6 Å². The Morgan fingerprint density at radius 2 is 1.78 bits per heavy atom. The van der Waals surface area contributed by atoms with Crippen LogP contribution in [0.3, 0.4) is 0 Å². The number of nitrogens with one attached hydrogen (secondary N) is 2. The summed E-state index contributed by atoms with van der Waals surface area (Å²) >= 11 is 1.81. The summed E-state index contributed by atoms with van der Waals surface area (Å²) in [5, 5.41) is 13.5. The summed E-state index contributed by atoms with van der Waals surface area (Å²) in [5.41, 5.74) is 4.04. The number of rotatable bonds is 4. The van der Waals surface area contributed by atoms with Crippen molar-refractivity contribution in [1.29, 1.82) is 0 Å². The van der Waals surface area contributed by atoms with E-state index in [1.807, 2.05) is 0 Å².